The highest BCUT2D eigenvalue weighted by Gasteiger charge is 2.39. The van der Waals surface area contributed by atoms with Gasteiger partial charge in [-0.2, -0.15) is 0 Å². The van der Waals surface area contributed by atoms with Crippen molar-refractivity contribution < 1.29 is 24.2 Å². The Morgan fingerprint density at radius 3 is 2.48 bits per heavy atom. The monoisotopic (exact) mass is 405 g/mol. The number of aliphatic hydroxyl groups excluding tert-OH is 1. The maximum Gasteiger partial charge on any atom is 0.410 e. The zero-order chi connectivity index (χ0) is 21.2. The largest absolute Gasteiger partial charge is 0.469 e. The summed E-state index contributed by atoms with van der Waals surface area (Å²) in [5.74, 6) is -0.0597. The number of amides is 1. The SMILES string of the molecule is COC(=O)C1CN(C(=O)OC(C)(C)C)CCC1c1ccc(N2CC[C@H](O)C2)nc1. The Morgan fingerprint density at radius 2 is 1.93 bits per heavy atom. The molecule has 8 heteroatoms. The van der Waals surface area contributed by atoms with Gasteiger partial charge in [0.15, 0.2) is 0 Å². The number of carbonyl (C=O) groups excluding carboxylic acids is 2. The number of nitrogens with zero attached hydrogens (tertiary/aromatic N) is 3. The molecule has 2 saturated heterocycles. The van der Waals surface area contributed by atoms with Crippen molar-refractivity contribution in [1.82, 2.24) is 9.88 Å². The second kappa shape index (κ2) is 8.57. The first-order chi connectivity index (χ1) is 13.7. The van der Waals surface area contributed by atoms with Gasteiger partial charge in [-0.3, -0.25) is 4.79 Å². The normalized spacial score (nSPS) is 25.1. The van der Waals surface area contributed by atoms with Crippen LogP contribution in [0.2, 0.25) is 0 Å². The van der Waals surface area contributed by atoms with Crippen molar-refractivity contribution in [2.45, 2.75) is 51.2 Å². The number of carbonyl (C=O) groups is 2. The zero-order valence-electron chi connectivity index (χ0n) is 17.6. The van der Waals surface area contributed by atoms with E-state index in [4.69, 9.17) is 9.47 Å². The smallest absolute Gasteiger partial charge is 0.410 e. The summed E-state index contributed by atoms with van der Waals surface area (Å²) in [5.41, 5.74) is 0.366. The molecule has 1 aromatic heterocycles. The van der Waals surface area contributed by atoms with Gasteiger partial charge in [0.05, 0.1) is 19.1 Å². The highest BCUT2D eigenvalue weighted by molar-refractivity contribution is 5.76. The number of esters is 1. The Bertz CT molecular complexity index is 731. The summed E-state index contributed by atoms with van der Waals surface area (Å²) in [5, 5.41) is 9.72. The first-order valence-electron chi connectivity index (χ1n) is 10.1. The Morgan fingerprint density at radius 1 is 1.17 bits per heavy atom. The van der Waals surface area contributed by atoms with Crippen molar-refractivity contribution in [3.05, 3.63) is 23.9 Å². The predicted octanol–water partition coefficient (Wildman–Crippen LogP) is 2.17. The third-order valence-electron chi connectivity index (χ3n) is 5.45. The van der Waals surface area contributed by atoms with Crippen LogP contribution >= 0.6 is 0 Å². The summed E-state index contributed by atoms with van der Waals surface area (Å²) in [6.07, 6.45) is 2.45. The summed E-state index contributed by atoms with van der Waals surface area (Å²) >= 11 is 0. The van der Waals surface area contributed by atoms with Gasteiger partial charge in [-0.25, -0.2) is 9.78 Å². The van der Waals surface area contributed by atoms with Crippen LogP contribution < -0.4 is 4.90 Å². The van der Waals surface area contributed by atoms with E-state index < -0.39 is 17.6 Å². The van der Waals surface area contributed by atoms with E-state index in [1.807, 2.05) is 32.9 Å². The van der Waals surface area contributed by atoms with Crippen molar-refractivity contribution in [2.75, 3.05) is 38.2 Å². The molecule has 2 unspecified atom stereocenters. The van der Waals surface area contributed by atoms with E-state index in [-0.39, 0.29) is 24.5 Å². The molecule has 29 heavy (non-hydrogen) atoms. The lowest BCUT2D eigenvalue weighted by atomic mass is 9.81. The number of methoxy groups -OCH3 is 1. The average molecular weight is 405 g/mol. The third kappa shape index (κ3) is 5.18. The average Bonchev–Trinajstić information content (AvgIpc) is 3.12. The number of aromatic nitrogens is 1. The topological polar surface area (TPSA) is 92.2 Å². The summed E-state index contributed by atoms with van der Waals surface area (Å²) in [7, 11) is 1.37. The Hall–Kier alpha value is -2.35. The Balaban J connectivity index is 1.73. The van der Waals surface area contributed by atoms with Crippen LogP contribution in [0.25, 0.3) is 0 Å². The van der Waals surface area contributed by atoms with Crippen LogP contribution in [-0.2, 0) is 14.3 Å². The maximum atomic E-state index is 12.5. The Labute approximate surface area is 171 Å². The first-order valence-corrected chi connectivity index (χ1v) is 10.1. The second-order valence-electron chi connectivity index (χ2n) is 8.79. The van der Waals surface area contributed by atoms with Crippen LogP contribution in [0.15, 0.2) is 18.3 Å². The van der Waals surface area contributed by atoms with Crippen LogP contribution in [-0.4, -0.2) is 72.0 Å². The second-order valence-corrected chi connectivity index (χ2v) is 8.79. The first kappa shape index (κ1) is 21.4. The number of hydrogen-bond acceptors (Lipinski definition) is 7. The van der Waals surface area contributed by atoms with Crippen LogP contribution in [0.4, 0.5) is 10.6 Å². The van der Waals surface area contributed by atoms with E-state index in [0.717, 1.165) is 24.3 Å². The molecule has 0 bridgehead atoms. The Kier molecular flexibility index (Phi) is 6.31. The standard InChI is InChI=1S/C21H31N3O5/c1-21(2,3)29-20(27)24-10-8-16(17(13-24)19(26)28-4)14-5-6-18(22-11-14)23-9-7-15(25)12-23/h5-6,11,15-17,25H,7-10,12-13H2,1-4H3/t15-,16?,17?/m0/s1. The third-order valence-corrected chi connectivity index (χ3v) is 5.45. The molecule has 0 aromatic carbocycles. The number of rotatable bonds is 3. The fourth-order valence-corrected chi connectivity index (χ4v) is 3.99. The van der Waals surface area contributed by atoms with E-state index in [2.05, 4.69) is 9.88 Å². The molecule has 1 aromatic rings. The molecule has 8 nitrogen and oxygen atoms in total. The van der Waals surface area contributed by atoms with Gasteiger partial charge in [0.25, 0.3) is 0 Å². The van der Waals surface area contributed by atoms with Gasteiger partial charge < -0.3 is 24.4 Å². The highest BCUT2D eigenvalue weighted by Crippen LogP contribution is 2.35. The minimum Gasteiger partial charge on any atom is -0.469 e. The van der Waals surface area contributed by atoms with Gasteiger partial charge in [0, 0.05) is 38.3 Å². The molecule has 3 heterocycles. The number of pyridine rings is 1. The van der Waals surface area contributed by atoms with Gasteiger partial charge >= 0.3 is 12.1 Å². The van der Waals surface area contributed by atoms with Crippen molar-refractivity contribution in [3.8, 4) is 0 Å². The van der Waals surface area contributed by atoms with Crippen LogP contribution in [0.1, 0.15) is 45.1 Å². The van der Waals surface area contributed by atoms with Gasteiger partial charge in [-0.15, -0.1) is 0 Å². The maximum absolute atomic E-state index is 12.5. The lowest BCUT2D eigenvalue weighted by molar-refractivity contribution is -0.148. The number of hydrogen-bond donors (Lipinski definition) is 1. The molecule has 0 aliphatic carbocycles. The number of piperidine rings is 1. The van der Waals surface area contributed by atoms with Crippen molar-refractivity contribution in [2.24, 2.45) is 5.92 Å². The molecule has 0 saturated carbocycles. The molecule has 3 rings (SSSR count). The molecule has 0 spiro atoms. The summed E-state index contributed by atoms with van der Waals surface area (Å²) in [6, 6.07) is 3.92. The van der Waals surface area contributed by atoms with E-state index >= 15 is 0 Å². The molecular weight excluding hydrogens is 374 g/mol. The number of anilines is 1. The predicted molar refractivity (Wildman–Crippen MR) is 108 cm³/mol. The van der Waals surface area contributed by atoms with Crippen molar-refractivity contribution >= 4 is 17.9 Å². The fourth-order valence-electron chi connectivity index (χ4n) is 3.99. The molecular formula is C21H31N3O5. The zero-order valence-corrected chi connectivity index (χ0v) is 17.6. The lowest BCUT2D eigenvalue weighted by Gasteiger charge is -2.37. The van der Waals surface area contributed by atoms with E-state index in [9.17, 15) is 14.7 Å². The minimum atomic E-state index is -0.586. The highest BCUT2D eigenvalue weighted by atomic mass is 16.6. The fraction of sp³-hybridized carbons (Fsp3) is 0.667. The summed E-state index contributed by atoms with van der Waals surface area (Å²) in [6.45, 7) is 7.60. The molecule has 2 aliphatic heterocycles. The van der Waals surface area contributed by atoms with E-state index in [1.54, 1.807) is 11.1 Å². The van der Waals surface area contributed by atoms with Gasteiger partial charge in [-0.1, -0.05) is 6.07 Å². The van der Waals surface area contributed by atoms with Gasteiger partial charge in [0.2, 0.25) is 0 Å². The van der Waals surface area contributed by atoms with Crippen molar-refractivity contribution in [1.29, 1.82) is 0 Å². The van der Waals surface area contributed by atoms with E-state index in [0.29, 0.717) is 19.5 Å². The van der Waals surface area contributed by atoms with Gasteiger partial charge in [-0.05, 0) is 45.2 Å². The minimum absolute atomic E-state index is 0.0770. The quantitative estimate of drug-likeness (QED) is 0.771. The van der Waals surface area contributed by atoms with E-state index in [1.165, 1.54) is 7.11 Å². The lowest BCUT2D eigenvalue weighted by Crippen LogP contribution is -2.47. The number of aliphatic hydroxyl groups is 1. The molecule has 160 valence electrons. The summed E-state index contributed by atoms with van der Waals surface area (Å²) in [4.78, 5) is 33.1. The number of likely N-dealkylation sites (tertiary alicyclic amines) is 1. The summed E-state index contributed by atoms with van der Waals surface area (Å²) < 4.78 is 10.5. The number of β-amino-alcohol motifs (C(OH)–C–C–N with tert-alkyl or cyclic N) is 1. The molecule has 2 fully saturated rings. The van der Waals surface area contributed by atoms with Gasteiger partial charge in [0.1, 0.15) is 11.4 Å². The van der Waals surface area contributed by atoms with Crippen LogP contribution in [0, 0.1) is 5.92 Å². The molecule has 2 aliphatic rings. The molecule has 1 N–H and O–H groups in total. The van der Waals surface area contributed by atoms with Crippen LogP contribution in [0.5, 0.6) is 0 Å². The van der Waals surface area contributed by atoms with Crippen molar-refractivity contribution in [3.63, 3.8) is 0 Å². The molecule has 1 amide bonds. The number of ether oxygens (including phenoxy) is 2. The molecule has 3 atom stereocenters. The van der Waals surface area contributed by atoms with Crippen LogP contribution in [0.3, 0.4) is 0 Å². The molecule has 0 radical (unpaired) electrons.